The van der Waals surface area contributed by atoms with Gasteiger partial charge in [-0.25, -0.2) is 0 Å². The van der Waals surface area contributed by atoms with E-state index in [1.807, 2.05) is 66.7 Å². The van der Waals surface area contributed by atoms with Gasteiger partial charge in [0.25, 0.3) is 0 Å². The Hall–Kier alpha value is -7.77. The molecule has 0 fully saturated rings. The second-order valence-electron chi connectivity index (χ2n) is 15.8. The summed E-state index contributed by atoms with van der Waals surface area (Å²) in [4.78, 5) is 5.43. The van der Waals surface area contributed by atoms with Crippen molar-refractivity contribution in [3.05, 3.63) is 210 Å². The Balaban J connectivity index is 0.967. The van der Waals surface area contributed by atoms with E-state index in [4.69, 9.17) is 29.4 Å². The lowest BCUT2D eigenvalue weighted by Crippen LogP contribution is -2.44. The van der Waals surface area contributed by atoms with Crippen LogP contribution < -0.4 is 5.32 Å². The molecule has 0 saturated heterocycles. The van der Waals surface area contributed by atoms with Gasteiger partial charge < -0.3 is 18.9 Å². The van der Waals surface area contributed by atoms with Crippen LogP contribution in [0.15, 0.2) is 196 Å². The molecule has 9 aromatic rings. The van der Waals surface area contributed by atoms with Gasteiger partial charge in [0.05, 0.1) is 6.04 Å². The van der Waals surface area contributed by atoms with Gasteiger partial charge in [0, 0.05) is 61.3 Å². The zero-order chi connectivity index (χ0) is 40.9. The Kier molecular flexibility index (Phi) is 9.00. The van der Waals surface area contributed by atoms with Crippen LogP contribution in [-0.4, -0.2) is 23.7 Å². The van der Waals surface area contributed by atoms with Crippen LogP contribution in [0.4, 0.5) is 0 Å². The number of hydrogen-bond donors (Lipinski definition) is 3. The molecular weight excluding hydrogens is 753 g/mol. The van der Waals surface area contributed by atoms with Crippen LogP contribution in [0.2, 0.25) is 0 Å². The number of para-hydroxylation sites is 4. The third-order valence-corrected chi connectivity index (χ3v) is 12.0. The van der Waals surface area contributed by atoms with Crippen molar-refractivity contribution < 1.29 is 13.6 Å². The minimum absolute atomic E-state index is 0.0282. The number of hydrogen-bond acceptors (Lipinski definition) is 7. The van der Waals surface area contributed by atoms with Crippen molar-refractivity contribution in [2.45, 2.75) is 24.9 Å². The van der Waals surface area contributed by atoms with E-state index >= 15 is 0 Å². The van der Waals surface area contributed by atoms with Gasteiger partial charge in [-0.3, -0.25) is 15.8 Å². The van der Waals surface area contributed by atoms with Crippen molar-refractivity contribution >= 4 is 67.1 Å². The van der Waals surface area contributed by atoms with Crippen molar-refractivity contribution in [1.82, 2.24) is 5.32 Å². The number of aliphatic imine (C=N–C) groups is 1. The molecule has 1 aliphatic carbocycles. The molecule has 0 saturated carbocycles. The smallest absolute Gasteiger partial charge is 0.221 e. The first kappa shape index (κ1) is 36.3. The molecule has 3 atom stereocenters. The number of allylic oxidation sites excluding steroid dienone is 3. The number of rotatable bonds is 7. The van der Waals surface area contributed by atoms with E-state index in [0.717, 1.165) is 95.9 Å². The van der Waals surface area contributed by atoms with E-state index < -0.39 is 0 Å². The Morgan fingerprint density at radius 2 is 1.20 bits per heavy atom. The molecule has 3 unspecified atom stereocenters. The minimum Gasteiger partial charge on any atom is -0.455 e. The average molecular weight is 793 g/mol. The largest absolute Gasteiger partial charge is 0.455 e. The predicted molar refractivity (Wildman–Crippen MR) is 247 cm³/mol. The average Bonchev–Trinajstić information content (AvgIpc) is 3.91. The summed E-state index contributed by atoms with van der Waals surface area (Å²) in [5.41, 5.74) is 11.0. The van der Waals surface area contributed by atoms with Crippen LogP contribution in [0.5, 0.6) is 0 Å². The first-order valence-electron chi connectivity index (χ1n) is 20.7. The van der Waals surface area contributed by atoms with Crippen LogP contribution in [0.1, 0.15) is 46.7 Å². The van der Waals surface area contributed by atoms with E-state index in [0.29, 0.717) is 11.1 Å². The zero-order valence-corrected chi connectivity index (χ0v) is 33.1. The van der Waals surface area contributed by atoms with Crippen molar-refractivity contribution in [1.29, 1.82) is 10.8 Å². The van der Waals surface area contributed by atoms with Gasteiger partial charge in [-0.2, -0.15) is 0 Å². The predicted octanol–water partition coefficient (Wildman–Crippen LogP) is 13.0. The molecule has 3 N–H and O–H groups in total. The number of ether oxygens (including phenoxy) is 1. The fraction of sp³-hybridized carbons (Fsp3) is 0.0926. The van der Waals surface area contributed by atoms with Crippen LogP contribution in [0.3, 0.4) is 0 Å². The van der Waals surface area contributed by atoms with Gasteiger partial charge in [0.15, 0.2) is 0 Å². The van der Waals surface area contributed by atoms with Gasteiger partial charge >= 0.3 is 0 Å². The maximum Gasteiger partial charge on any atom is 0.221 e. The second kappa shape index (κ2) is 15.1. The van der Waals surface area contributed by atoms with Gasteiger partial charge in [0.1, 0.15) is 28.2 Å². The first-order valence-corrected chi connectivity index (χ1v) is 20.7. The highest BCUT2D eigenvalue weighted by molar-refractivity contribution is 6.11. The van der Waals surface area contributed by atoms with E-state index in [1.54, 1.807) is 12.1 Å². The van der Waals surface area contributed by atoms with E-state index in [1.165, 1.54) is 0 Å². The number of nitrogens with one attached hydrogen (secondary N) is 3. The molecule has 0 amide bonds. The topological polar surface area (TPSA) is 108 Å². The van der Waals surface area contributed by atoms with Gasteiger partial charge in [-0.15, -0.1) is 0 Å². The lowest BCUT2D eigenvalue weighted by atomic mass is 9.82. The number of furan rings is 2. The summed E-state index contributed by atoms with van der Waals surface area (Å²) in [6.07, 6.45) is 8.49. The Morgan fingerprint density at radius 1 is 0.590 bits per heavy atom. The third-order valence-electron chi connectivity index (χ3n) is 12.0. The molecule has 2 aromatic heterocycles. The minimum atomic E-state index is -0.216. The van der Waals surface area contributed by atoms with Gasteiger partial charge in [-0.1, -0.05) is 140 Å². The quantitative estimate of drug-likeness (QED) is 0.110. The van der Waals surface area contributed by atoms with E-state index in [-0.39, 0.29) is 29.8 Å². The summed E-state index contributed by atoms with van der Waals surface area (Å²) in [5.74, 6) is 0.813. The van der Waals surface area contributed by atoms with Gasteiger partial charge in [0.2, 0.25) is 11.8 Å². The molecule has 0 radical (unpaired) electrons. The standard InChI is InChI=1S/C54H40N4O3/c55-52(33-13-2-1-3-14-33)61-53(56)38-19-10-18-37(31-38)47-32-46(36-17-8-15-34(29-36)40-23-11-25-44-42-21-4-6-27-48(42)59-50(40)44)57-54(58-47)39-20-9-16-35(30-39)41-24-12-26-45-43-22-5-7-28-49(43)60-51(41)45/h1-16,18-31,36,46-47,55-56H,17,32H2,(H,57,58). The SMILES string of the molecule is N=C(OC(=N)c1cccc(C2CC(C3C=C(c4cccc5c4oc4ccccc45)C=CC3)NC(c3cccc(-c4cccc5c4oc4ccccc45)c3)=N2)c1)c1ccccc1. The van der Waals surface area contributed by atoms with Crippen molar-refractivity contribution in [2.75, 3.05) is 0 Å². The number of fused-ring (bicyclic) bond motifs is 6. The van der Waals surface area contributed by atoms with Gasteiger partial charge in [-0.05, 0) is 72.0 Å². The lowest BCUT2D eigenvalue weighted by Gasteiger charge is -2.35. The van der Waals surface area contributed by atoms with Crippen molar-refractivity contribution in [3.63, 3.8) is 0 Å². The molecule has 11 rings (SSSR count). The second-order valence-corrected chi connectivity index (χ2v) is 15.8. The summed E-state index contributed by atoms with van der Waals surface area (Å²) in [5, 5.41) is 25.7. The number of benzene rings is 7. The number of amidine groups is 1. The molecule has 0 bridgehead atoms. The monoisotopic (exact) mass is 792 g/mol. The normalized spacial score (nSPS) is 17.6. The molecule has 0 spiro atoms. The Morgan fingerprint density at radius 3 is 1.97 bits per heavy atom. The highest BCUT2D eigenvalue weighted by Gasteiger charge is 2.31. The molecule has 2 aliphatic rings. The Bertz CT molecular complexity index is 3280. The molecular formula is C54H40N4O3. The maximum atomic E-state index is 8.85. The highest BCUT2D eigenvalue weighted by atomic mass is 16.5. The van der Waals surface area contributed by atoms with Crippen LogP contribution in [-0.2, 0) is 4.74 Å². The molecule has 294 valence electrons. The summed E-state index contributed by atoms with van der Waals surface area (Å²) in [7, 11) is 0. The fourth-order valence-electron chi connectivity index (χ4n) is 9.02. The molecule has 61 heavy (non-hydrogen) atoms. The van der Waals surface area contributed by atoms with Crippen molar-refractivity contribution in [2.24, 2.45) is 10.9 Å². The van der Waals surface area contributed by atoms with E-state index in [9.17, 15) is 0 Å². The molecule has 7 aromatic carbocycles. The highest BCUT2D eigenvalue weighted by Crippen LogP contribution is 2.40. The number of nitrogens with zero attached hydrogens (tertiary/aromatic N) is 1. The summed E-state index contributed by atoms with van der Waals surface area (Å²) >= 11 is 0. The third kappa shape index (κ3) is 6.70. The summed E-state index contributed by atoms with van der Waals surface area (Å²) in [6.45, 7) is 0. The lowest BCUT2D eigenvalue weighted by molar-refractivity contribution is 0.388. The van der Waals surface area contributed by atoms with Crippen LogP contribution in [0, 0.1) is 16.7 Å². The van der Waals surface area contributed by atoms with Crippen LogP contribution in [0.25, 0.3) is 60.6 Å². The van der Waals surface area contributed by atoms with Crippen molar-refractivity contribution in [3.8, 4) is 11.1 Å². The van der Waals surface area contributed by atoms with E-state index in [2.05, 4.69) is 108 Å². The summed E-state index contributed by atoms with van der Waals surface area (Å²) in [6, 6.07) is 54.6. The summed E-state index contributed by atoms with van der Waals surface area (Å²) < 4.78 is 18.7. The Labute approximate surface area is 352 Å². The zero-order valence-electron chi connectivity index (χ0n) is 33.1. The molecule has 7 nitrogen and oxygen atoms in total. The molecule has 7 heteroatoms. The molecule has 1 aliphatic heterocycles. The first-order chi connectivity index (χ1) is 30.0. The maximum absolute atomic E-state index is 8.85. The molecule has 3 heterocycles. The fourth-order valence-corrected chi connectivity index (χ4v) is 9.02. The van der Waals surface area contributed by atoms with Crippen LogP contribution >= 0.6 is 0 Å².